The zero-order valence-corrected chi connectivity index (χ0v) is 13.1. The molecule has 1 aromatic rings. The maximum absolute atomic E-state index is 10.2. The van der Waals surface area contributed by atoms with Crippen molar-refractivity contribution in [3.63, 3.8) is 0 Å². The van der Waals surface area contributed by atoms with Crippen molar-refractivity contribution in [3.8, 4) is 0 Å². The number of benzene rings is 1. The molecule has 0 aliphatic carbocycles. The van der Waals surface area contributed by atoms with Gasteiger partial charge in [0.25, 0.3) is 0 Å². The van der Waals surface area contributed by atoms with E-state index in [2.05, 4.69) is 5.32 Å². The first-order chi connectivity index (χ1) is 8.85. The Balaban J connectivity index is 2.54. The summed E-state index contributed by atoms with van der Waals surface area (Å²) in [5, 5.41) is 14.5. The Morgan fingerprint density at radius 3 is 2.63 bits per heavy atom. The third kappa shape index (κ3) is 5.67. The molecule has 0 radical (unpaired) electrons. The van der Waals surface area contributed by atoms with Gasteiger partial charge in [-0.05, 0) is 31.5 Å². The van der Waals surface area contributed by atoms with Gasteiger partial charge in [0.2, 0.25) is 0 Å². The molecule has 0 saturated heterocycles. The summed E-state index contributed by atoms with van der Waals surface area (Å²) in [6, 6.07) is 5.63. The number of methoxy groups -OCH3 is 1. The van der Waals surface area contributed by atoms with Crippen molar-refractivity contribution in [2.45, 2.75) is 31.9 Å². The predicted molar refractivity (Wildman–Crippen MR) is 80.0 cm³/mol. The van der Waals surface area contributed by atoms with E-state index in [0.717, 1.165) is 5.56 Å². The van der Waals surface area contributed by atoms with E-state index < -0.39 is 5.60 Å². The monoisotopic (exact) mass is 305 g/mol. The molecule has 0 amide bonds. The lowest BCUT2D eigenvalue weighted by molar-refractivity contribution is 0.0231. The first-order valence-electron chi connectivity index (χ1n) is 6.25. The molecule has 1 rings (SSSR count). The van der Waals surface area contributed by atoms with E-state index in [4.69, 9.17) is 27.9 Å². The molecule has 108 valence electrons. The van der Waals surface area contributed by atoms with E-state index in [9.17, 15) is 5.11 Å². The molecule has 0 spiro atoms. The number of rotatable bonds is 7. The molecule has 3 nitrogen and oxygen atoms in total. The highest BCUT2D eigenvalue weighted by molar-refractivity contribution is 6.42. The molecule has 0 aromatic heterocycles. The standard InChI is InChI=1S/C14H21Cl2NO2/c1-10(11-4-5-12(15)13(16)8-11)17-9-14(2,18)6-7-19-3/h4-5,8,10,17-18H,6-7,9H2,1-3H3. The Morgan fingerprint density at radius 2 is 2.05 bits per heavy atom. The van der Waals surface area contributed by atoms with Gasteiger partial charge >= 0.3 is 0 Å². The van der Waals surface area contributed by atoms with Crippen LogP contribution in [0.2, 0.25) is 10.0 Å². The average Bonchev–Trinajstić information content (AvgIpc) is 2.37. The molecule has 0 bridgehead atoms. The van der Waals surface area contributed by atoms with Crippen molar-refractivity contribution in [2.24, 2.45) is 0 Å². The number of nitrogens with one attached hydrogen (secondary N) is 1. The highest BCUT2D eigenvalue weighted by Crippen LogP contribution is 2.25. The minimum Gasteiger partial charge on any atom is -0.389 e. The number of hydrogen-bond donors (Lipinski definition) is 2. The molecule has 19 heavy (non-hydrogen) atoms. The lowest BCUT2D eigenvalue weighted by atomic mass is 10.0. The van der Waals surface area contributed by atoms with Crippen LogP contribution in [0.25, 0.3) is 0 Å². The molecule has 0 aliphatic heterocycles. The predicted octanol–water partition coefficient (Wildman–Crippen LogP) is 3.43. The van der Waals surface area contributed by atoms with Crippen molar-refractivity contribution in [2.75, 3.05) is 20.3 Å². The number of halogens is 2. The van der Waals surface area contributed by atoms with E-state index in [1.54, 1.807) is 20.1 Å². The second kappa shape index (κ2) is 7.46. The van der Waals surface area contributed by atoms with E-state index in [1.165, 1.54) is 0 Å². The quantitative estimate of drug-likeness (QED) is 0.811. The van der Waals surface area contributed by atoms with Crippen molar-refractivity contribution in [1.82, 2.24) is 5.32 Å². The number of ether oxygens (including phenoxy) is 1. The van der Waals surface area contributed by atoms with E-state index in [-0.39, 0.29) is 6.04 Å². The van der Waals surface area contributed by atoms with Crippen LogP contribution in [0.3, 0.4) is 0 Å². The fourth-order valence-corrected chi connectivity index (χ4v) is 1.99. The van der Waals surface area contributed by atoms with Crippen LogP contribution in [-0.4, -0.2) is 31.0 Å². The topological polar surface area (TPSA) is 41.5 Å². The van der Waals surface area contributed by atoms with Gasteiger partial charge in [-0.2, -0.15) is 0 Å². The smallest absolute Gasteiger partial charge is 0.0765 e. The Kier molecular flexibility index (Phi) is 6.57. The van der Waals surface area contributed by atoms with Gasteiger partial charge in [0, 0.05) is 32.7 Å². The van der Waals surface area contributed by atoms with Gasteiger partial charge < -0.3 is 15.2 Å². The summed E-state index contributed by atoms with van der Waals surface area (Å²) in [5.41, 5.74) is 0.248. The highest BCUT2D eigenvalue weighted by Gasteiger charge is 2.21. The molecular formula is C14H21Cl2NO2. The zero-order valence-electron chi connectivity index (χ0n) is 11.5. The van der Waals surface area contributed by atoms with Crippen molar-refractivity contribution < 1.29 is 9.84 Å². The molecular weight excluding hydrogens is 285 g/mol. The van der Waals surface area contributed by atoms with E-state index in [1.807, 2.05) is 19.1 Å². The molecule has 5 heteroatoms. The first kappa shape index (κ1) is 16.7. The third-order valence-corrected chi connectivity index (χ3v) is 3.82. The van der Waals surface area contributed by atoms with Crippen LogP contribution >= 0.6 is 23.2 Å². The summed E-state index contributed by atoms with van der Waals surface area (Å²) < 4.78 is 4.98. The molecule has 2 unspecified atom stereocenters. The van der Waals surface area contributed by atoms with E-state index >= 15 is 0 Å². The summed E-state index contributed by atoms with van der Waals surface area (Å²) in [4.78, 5) is 0. The Hall–Kier alpha value is -0.320. The summed E-state index contributed by atoms with van der Waals surface area (Å²) in [6.45, 7) is 4.83. The maximum Gasteiger partial charge on any atom is 0.0765 e. The minimum absolute atomic E-state index is 0.0868. The van der Waals surface area contributed by atoms with Gasteiger partial charge in [-0.1, -0.05) is 29.3 Å². The van der Waals surface area contributed by atoms with Gasteiger partial charge in [-0.25, -0.2) is 0 Å². The van der Waals surface area contributed by atoms with Crippen molar-refractivity contribution in [1.29, 1.82) is 0 Å². The summed E-state index contributed by atoms with van der Waals surface area (Å²) in [7, 11) is 1.63. The summed E-state index contributed by atoms with van der Waals surface area (Å²) in [5.74, 6) is 0. The zero-order chi connectivity index (χ0) is 14.5. The Labute approximate surface area is 124 Å². The fraction of sp³-hybridized carbons (Fsp3) is 0.571. The van der Waals surface area contributed by atoms with Crippen LogP contribution in [0.5, 0.6) is 0 Å². The van der Waals surface area contributed by atoms with Crippen LogP contribution < -0.4 is 5.32 Å². The molecule has 1 aromatic carbocycles. The average molecular weight is 306 g/mol. The lowest BCUT2D eigenvalue weighted by Crippen LogP contribution is -2.39. The van der Waals surface area contributed by atoms with Crippen molar-refractivity contribution in [3.05, 3.63) is 33.8 Å². The normalized spacial score (nSPS) is 16.1. The van der Waals surface area contributed by atoms with Crippen LogP contribution in [0.15, 0.2) is 18.2 Å². The lowest BCUT2D eigenvalue weighted by Gasteiger charge is -2.26. The Morgan fingerprint density at radius 1 is 1.37 bits per heavy atom. The van der Waals surface area contributed by atoms with Crippen LogP contribution in [-0.2, 0) is 4.74 Å². The second-order valence-electron chi connectivity index (χ2n) is 5.02. The SMILES string of the molecule is COCCC(C)(O)CNC(C)c1ccc(Cl)c(Cl)c1. The van der Waals surface area contributed by atoms with Gasteiger partial charge in [0.05, 0.1) is 15.6 Å². The molecule has 0 aliphatic rings. The Bertz CT molecular complexity index is 410. The van der Waals surface area contributed by atoms with Crippen LogP contribution in [0, 0.1) is 0 Å². The van der Waals surface area contributed by atoms with Crippen LogP contribution in [0.4, 0.5) is 0 Å². The summed E-state index contributed by atoms with van der Waals surface area (Å²) >= 11 is 11.9. The molecule has 0 fully saturated rings. The molecule has 0 heterocycles. The van der Waals surface area contributed by atoms with E-state index in [0.29, 0.717) is 29.6 Å². The van der Waals surface area contributed by atoms with Gasteiger partial charge in [-0.15, -0.1) is 0 Å². The molecule has 2 N–H and O–H groups in total. The molecule has 0 saturated carbocycles. The number of hydrogen-bond acceptors (Lipinski definition) is 3. The number of aliphatic hydroxyl groups is 1. The van der Waals surface area contributed by atoms with Crippen LogP contribution in [0.1, 0.15) is 31.9 Å². The fourth-order valence-electron chi connectivity index (χ4n) is 1.68. The summed E-state index contributed by atoms with van der Waals surface area (Å²) in [6.07, 6.45) is 0.588. The van der Waals surface area contributed by atoms with Gasteiger partial charge in [-0.3, -0.25) is 0 Å². The van der Waals surface area contributed by atoms with Gasteiger partial charge in [0.1, 0.15) is 0 Å². The first-order valence-corrected chi connectivity index (χ1v) is 7.01. The van der Waals surface area contributed by atoms with Gasteiger partial charge in [0.15, 0.2) is 0 Å². The highest BCUT2D eigenvalue weighted by atomic mass is 35.5. The second-order valence-corrected chi connectivity index (χ2v) is 5.83. The molecule has 2 atom stereocenters. The largest absolute Gasteiger partial charge is 0.389 e. The van der Waals surface area contributed by atoms with Crippen molar-refractivity contribution >= 4 is 23.2 Å². The minimum atomic E-state index is -0.791. The third-order valence-electron chi connectivity index (χ3n) is 3.08. The maximum atomic E-state index is 10.2.